The Labute approximate surface area is 112 Å². The van der Waals surface area contributed by atoms with Crippen molar-refractivity contribution in [3.63, 3.8) is 0 Å². The van der Waals surface area contributed by atoms with Gasteiger partial charge in [-0.15, -0.1) is 6.58 Å². The molecule has 6 heteroatoms. The standard InChI is InChI=1S/C13H16O5S/c1-2-11-8-17-12(9-16-11)10-18-19(14,15)13-6-4-3-5-7-13/h2-7,11-12H,1,8-10H2/t11-,12-/m0/s1. The number of hydrogen-bond acceptors (Lipinski definition) is 5. The minimum atomic E-state index is -3.73. The van der Waals surface area contributed by atoms with Crippen LogP contribution in [0.25, 0.3) is 0 Å². The van der Waals surface area contributed by atoms with Crippen molar-refractivity contribution in [3.8, 4) is 0 Å². The molecule has 0 spiro atoms. The van der Waals surface area contributed by atoms with Gasteiger partial charge in [0.15, 0.2) is 0 Å². The van der Waals surface area contributed by atoms with E-state index in [9.17, 15) is 8.42 Å². The maximum absolute atomic E-state index is 11.9. The van der Waals surface area contributed by atoms with Crippen LogP contribution in [0.3, 0.4) is 0 Å². The molecule has 1 saturated heterocycles. The average Bonchev–Trinajstić information content (AvgIpc) is 2.47. The van der Waals surface area contributed by atoms with Gasteiger partial charge in [-0.3, -0.25) is 4.18 Å². The lowest BCUT2D eigenvalue weighted by Gasteiger charge is -2.27. The van der Waals surface area contributed by atoms with Crippen LogP contribution in [0, 0.1) is 0 Å². The molecule has 0 unspecified atom stereocenters. The molecule has 1 aromatic rings. The molecule has 104 valence electrons. The summed E-state index contributed by atoms with van der Waals surface area (Å²) in [5.41, 5.74) is 0. The van der Waals surface area contributed by atoms with Gasteiger partial charge in [0, 0.05) is 0 Å². The second kappa shape index (κ2) is 6.29. The summed E-state index contributed by atoms with van der Waals surface area (Å²) < 4.78 is 39.5. The van der Waals surface area contributed by atoms with Crippen LogP contribution < -0.4 is 0 Å². The van der Waals surface area contributed by atoms with Crippen LogP contribution in [0.1, 0.15) is 0 Å². The van der Waals surface area contributed by atoms with E-state index in [0.717, 1.165) is 0 Å². The van der Waals surface area contributed by atoms with Crippen LogP contribution in [0.15, 0.2) is 47.9 Å². The number of ether oxygens (including phenoxy) is 2. The van der Waals surface area contributed by atoms with Gasteiger partial charge in [-0.1, -0.05) is 24.3 Å². The molecule has 1 aliphatic rings. The summed E-state index contributed by atoms with van der Waals surface area (Å²) in [6, 6.07) is 8.01. The molecule has 0 aliphatic carbocycles. The van der Waals surface area contributed by atoms with Gasteiger partial charge in [0.05, 0.1) is 30.8 Å². The van der Waals surface area contributed by atoms with Gasteiger partial charge in [0.1, 0.15) is 6.10 Å². The summed E-state index contributed by atoms with van der Waals surface area (Å²) in [5, 5.41) is 0. The minimum Gasteiger partial charge on any atom is -0.370 e. The monoisotopic (exact) mass is 284 g/mol. The highest BCUT2D eigenvalue weighted by atomic mass is 32.2. The predicted molar refractivity (Wildman–Crippen MR) is 69.3 cm³/mol. The van der Waals surface area contributed by atoms with Crippen LogP contribution in [-0.4, -0.2) is 40.4 Å². The van der Waals surface area contributed by atoms with Gasteiger partial charge in [-0.05, 0) is 12.1 Å². The van der Waals surface area contributed by atoms with Gasteiger partial charge in [0.2, 0.25) is 0 Å². The van der Waals surface area contributed by atoms with E-state index < -0.39 is 10.1 Å². The Kier molecular flexibility index (Phi) is 4.71. The van der Waals surface area contributed by atoms with Crippen LogP contribution in [0.2, 0.25) is 0 Å². The third-order valence-electron chi connectivity index (χ3n) is 2.70. The van der Waals surface area contributed by atoms with Crippen molar-refractivity contribution >= 4 is 10.1 Å². The largest absolute Gasteiger partial charge is 0.370 e. The fourth-order valence-electron chi connectivity index (χ4n) is 1.61. The maximum atomic E-state index is 11.9. The smallest absolute Gasteiger partial charge is 0.297 e. The topological polar surface area (TPSA) is 61.8 Å². The molecule has 1 heterocycles. The molecule has 1 fully saturated rings. The molecule has 0 amide bonds. The van der Waals surface area contributed by atoms with E-state index in [-0.39, 0.29) is 23.7 Å². The number of rotatable bonds is 5. The van der Waals surface area contributed by atoms with E-state index in [2.05, 4.69) is 6.58 Å². The summed E-state index contributed by atoms with van der Waals surface area (Å²) in [7, 11) is -3.73. The quantitative estimate of drug-likeness (QED) is 0.603. The molecular weight excluding hydrogens is 268 g/mol. The van der Waals surface area contributed by atoms with Gasteiger partial charge < -0.3 is 9.47 Å². The van der Waals surface area contributed by atoms with Gasteiger partial charge >= 0.3 is 0 Å². The molecule has 0 saturated carbocycles. The Bertz CT molecular complexity index is 503. The fraction of sp³-hybridized carbons (Fsp3) is 0.385. The molecule has 0 N–H and O–H groups in total. The molecule has 2 rings (SSSR count). The second-order valence-corrected chi connectivity index (χ2v) is 5.73. The lowest BCUT2D eigenvalue weighted by Crippen LogP contribution is -2.37. The second-order valence-electron chi connectivity index (χ2n) is 4.11. The molecule has 1 aromatic carbocycles. The van der Waals surface area contributed by atoms with Crippen molar-refractivity contribution in [2.24, 2.45) is 0 Å². The molecule has 0 bridgehead atoms. The third-order valence-corrected chi connectivity index (χ3v) is 3.99. The summed E-state index contributed by atoms with van der Waals surface area (Å²) >= 11 is 0. The van der Waals surface area contributed by atoms with Crippen molar-refractivity contribution < 1.29 is 22.1 Å². The van der Waals surface area contributed by atoms with Crippen molar-refractivity contribution in [1.82, 2.24) is 0 Å². The molecule has 0 radical (unpaired) electrons. The first-order valence-electron chi connectivity index (χ1n) is 5.92. The first-order chi connectivity index (χ1) is 9.12. The average molecular weight is 284 g/mol. The normalized spacial score (nSPS) is 24.0. The highest BCUT2D eigenvalue weighted by Crippen LogP contribution is 2.14. The van der Waals surface area contributed by atoms with Crippen LogP contribution >= 0.6 is 0 Å². The fourth-order valence-corrected chi connectivity index (χ4v) is 2.57. The van der Waals surface area contributed by atoms with Gasteiger partial charge in [0.25, 0.3) is 10.1 Å². The minimum absolute atomic E-state index is 0.0545. The van der Waals surface area contributed by atoms with Crippen molar-refractivity contribution in [1.29, 1.82) is 0 Å². The first kappa shape index (κ1) is 14.2. The summed E-state index contributed by atoms with van der Waals surface area (Å²) in [4.78, 5) is 0.135. The van der Waals surface area contributed by atoms with E-state index in [4.69, 9.17) is 13.7 Å². The number of hydrogen-bond donors (Lipinski definition) is 0. The molecule has 19 heavy (non-hydrogen) atoms. The zero-order valence-electron chi connectivity index (χ0n) is 10.4. The van der Waals surface area contributed by atoms with Crippen molar-refractivity contribution in [3.05, 3.63) is 43.0 Å². The predicted octanol–water partition coefficient (Wildman–Crippen LogP) is 1.36. The van der Waals surface area contributed by atoms with Crippen LogP contribution in [-0.2, 0) is 23.8 Å². The highest BCUT2D eigenvalue weighted by molar-refractivity contribution is 7.86. The summed E-state index contributed by atoms with van der Waals surface area (Å²) in [5.74, 6) is 0. The van der Waals surface area contributed by atoms with E-state index >= 15 is 0 Å². The van der Waals surface area contributed by atoms with Crippen molar-refractivity contribution in [2.45, 2.75) is 17.1 Å². The highest BCUT2D eigenvalue weighted by Gasteiger charge is 2.23. The van der Waals surface area contributed by atoms with Crippen molar-refractivity contribution in [2.75, 3.05) is 19.8 Å². The van der Waals surface area contributed by atoms with Crippen LogP contribution in [0.4, 0.5) is 0 Å². The Balaban J connectivity index is 1.87. The Morgan fingerprint density at radius 3 is 2.58 bits per heavy atom. The van der Waals surface area contributed by atoms with Gasteiger partial charge in [-0.25, -0.2) is 0 Å². The summed E-state index contributed by atoms with van der Waals surface area (Å²) in [6.45, 7) is 4.20. The molecule has 0 aromatic heterocycles. The third kappa shape index (κ3) is 3.87. The zero-order valence-corrected chi connectivity index (χ0v) is 11.2. The lowest BCUT2D eigenvalue weighted by molar-refractivity contribution is -0.126. The summed E-state index contributed by atoms with van der Waals surface area (Å²) in [6.07, 6.45) is 1.13. The van der Waals surface area contributed by atoms with E-state index in [0.29, 0.717) is 13.2 Å². The SMILES string of the molecule is C=C[C@H]1CO[C@H](COS(=O)(=O)c2ccccc2)CO1. The molecule has 5 nitrogen and oxygen atoms in total. The molecular formula is C13H16O5S. The zero-order chi connectivity index (χ0) is 13.7. The Morgan fingerprint density at radius 1 is 1.26 bits per heavy atom. The van der Waals surface area contributed by atoms with Crippen LogP contribution in [0.5, 0.6) is 0 Å². The lowest BCUT2D eigenvalue weighted by atomic mass is 10.3. The van der Waals surface area contributed by atoms with E-state index in [1.807, 2.05) is 0 Å². The Morgan fingerprint density at radius 2 is 2.00 bits per heavy atom. The number of benzene rings is 1. The van der Waals surface area contributed by atoms with E-state index in [1.165, 1.54) is 12.1 Å². The molecule has 1 aliphatic heterocycles. The molecule has 2 atom stereocenters. The first-order valence-corrected chi connectivity index (χ1v) is 7.33. The maximum Gasteiger partial charge on any atom is 0.297 e. The Hall–Kier alpha value is -1.21. The van der Waals surface area contributed by atoms with Gasteiger partial charge in [-0.2, -0.15) is 8.42 Å². The van der Waals surface area contributed by atoms with E-state index in [1.54, 1.807) is 24.3 Å².